The van der Waals surface area contributed by atoms with Crippen molar-refractivity contribution in [3.8, 4) is 0 Å². The van der Waals surface area contributed by atoms with E-state index in [-0.39, 0.29) is 0 Å². The zero-order valence-electron chi connectivity index (χ0n) is 10.8. The Labute approximate surface area is 116 Å². The quantitative estimate of drug-likeness (QED) is 0.651. The first-order valence-electron chi connectivity index (χ1n) is 6.42. The molecule has 0 aliphatic heterocycles. The largest absolute Gasteiger partial charge is 0.440 e. The summed E-state index contributed by atoms with van der Waals surface area (Å²) in [6.07, 6.45) is 0.748. The van der Waals surface area contributed by atoms with Crippen LogP contribution in [0.3, 0.4) is 0 Å². The van der Waals surface area contributed by atoms with E-state index in [0.717, 1.165) is 29.2 Å². The minimum Gasteiger partial charge on any atom is -0.440 e. The van der Waals surface area contributed by atoms with Gasteiger partial charge in [-0.3, -0.25) is 0 Å². The summed E-state index contributed by atoms with van der Waals surface area (Å²) in [4.78, 5) is 5.85. The van der Waals surface area contributed by atoms with Crippen molar-refractivity contribution in [3.63, 3.8) is 0 Å². The summed E-state index contributed by atoms with van der Waals surface area (Å²) < 4.78 is 5.78. The van der Waals surface area contributed by atoms with Crippen LogP contribution >= 0.6 is 11.8 Å². The maximum atomic E-state index is 5.78. The van der Waals surface area contributed by atoms with Crippen molar-refractivity contribution in [3.05, 3.63) is 60.0 Å². The highest BCUT2D eigenvalue weighted by Gasteiger charge is 2.08. The van der Waals surface area contributed by atoms with E-state index in [2.05, 4.69) is 36.2 Å². The minimum absolute atomic E-state index is 0.748. The molecule has 0 fully saturated rings. The molecule has 0 saturated heterocycles. The predicted octanol–water partition coefficient (Wildman–Crippen LogP) is 4.53. The summed E-state index contributed by atoms with van der Waals surface area (Å²) in [5.74, 6) is 1.86. The summed E-state index contributed by atoms with van der Waals surface area (Å²) >= 11 is 1.86. The third-order valence-corrected chi connectivity index (χ3v) is 3.95. The van der Waals surface area contributed by atoms with E-state index in [1.165, 1.54) is 10.5 Å². The average molecular weight is 269 g/mol. The molecule has 1 heterocycles. The highest BCUT2D eigenvalue weighted by Crippen LogP contribution is 2.25. The van der Waals surface area contributed by atoms with Crippen molar-refractivity contribution in [1.82, 2.24) is 4.98 Å². The number of hydrogen-bond donors (Lipinski definition) is 0. The van der Waals surface area contributed by atoms with E-state index in [4.69, 9.17) is 4.42 Å². The Balaban J connectivity index is 1.92. The van der Waals surface area contributed by atoms with Crippen molar-refractivity contribution < 1.29 is 4.42 Å². The first-order valence-corrected chi connectivity index (χ1v) is 7.40. The number of rotatable bonds is 4. The predicted molar refractivity (Wildman–Crippen MR) is 79.7 cm³/mol. The van der Waals surface area contributed by atoms with Gasteiger partial charge in [0.1, 0.15) is 5.52 Å². The molecule has 0 atom stereocenters. The summed E-state index contributed by atoms with van der Waals surface area (Å²) in [7, 11) is 0. The van der Waals surface area contributed by atoms with Gasteiger partial charge in [-0.25, -0.2) is 4.98 Å². The lowest BCUT2D eigenvalue weighted by atomic mass is 10.1. The Morgan fingerprint density at radius 1 is 1.05 bits per heavy atom. The molecule has 0 unspecified atom stereocenters. The highest BCUT2D eigenvalue weighted by atomic mass is 32.2. The van der Waals surface area contributed by atoms with E-state index < -0.39 is 0 Å². The molecule has 0 amide bonds. The Hall–Kier alpha value is -1.74. The van der Waals surface area contributed by atoms with Gasteiger partial charge >= 0.3 is 0 Å². The summed E-state index contributed by atoms with van der Waals surface area (Å²) in [5.41, 5.74) is 3.07. The third-order valence-electron chi connectivity index (χ3n) is 2.95. The second-order valence-corrected chi connectivity index (χ2v) is 5.60. The Kier molecular flexibility index (Phi) is 3.56. The normalized spacial score (nSPS) is 11.0. The summed E-state index contributed by atoms with van der Waals surface area (Å²) in [6, 6.07) is 16.3. The minimum atomic E-state index is 0.748. The molecule has 19 heavy (non-hydrogen) atoms. The molecule has 96 valence electrons. The molecule has 0 radical (unpaired) electrons. The fourth-order valence-corrected chi connectivity index (χ4v) is 2.92. The molecule has 2 aromatic carbocycles. The molecule has 0 bridgehead atoms. The fraction of sp³-hybridized carbons (Fsp3) is 0.188. The Bertz CT molecular complexity index is 657. The smallest absolute Gasteiger partial charge is 0.199 e. The van der Waals surface area contributed by atoms with Crippen LogP contribution in [0.4, 0.5) is 0 Å². The zero-order valence-corrected chi connectivity index (χ0v) is 11.6. The monoisotopic (exact) mass is 269 g/mol. The van der Waals surface area contributed by atoms with Crippen molar-refractivity contribution in [2.24, 2.45) is 0 Å². The first kappa shape index (κ1) is 12.3. The molecule has 0 spiro atoms. The summed E-state index contributed by atoms with van der Waals surface area (Å²) in [6.45, 7) is 2.17. The Morgan fingerprint density at radius 3 is 2.68 bits per heavy atom. The van der Waals surface area contributed by atoms with E-state index in [0.29, 0.717) is 0 Å². The van der Waals surface area contributed by atoms with Crippen molar-refractivity contribution in [2.75, 3.05) is 5.75 Å². The number of oxazole rings is 1. The first-order chi connectivity index (χ1) is 9.36. The lowest BCUT2D eigenvalue weighted by molar-refractivity contribution is 0.543. The fourth-order valence-electron chi connectivity index (χ4n) is 2.10. The van der Waals surface area contributed by atoms with Gasteiger partial charge in [-0.2, -0.15) is 0 Å². The van der Waals surface area contributed by atoms with Crippen LogP contribution in [-0.4, -0.2) is 10.7 Å². The lowest BCUT2D eigenvalue weighted by Gasteiger charge is -2.05. The maximum Gasteiger partial charge on any atom is 0.199 e. The SMILES string of the molecule is CCSc1ccccc1Cc1nc2ccccc2o1. The van der Waals surface area contributed by atoms with Crippen molar-refractivity contribution >= 4 is 22.9 Å². The van der Waals surface area contributed by atoms with E-state index >= 15 is 0 Å². The van der Waals surface area contributed by atoms with Gasteiger partial charge in [0.05, 0.1) is 6.42 Å². The van der Waals surface area contributed by atoms with Gasteiger partial charge in [-0.1, -0.05) is 37.3 Å². The molecule has 3 rings (SSSR count). The molecule has 0 saturated carbocycles. The van der Waals surface area contributed by atoms with Gasteiger partial charge in [-0.05, 0) is 29.5 Å². The number of aromatic nitrogens is 1. The maximum absolute atomic E-state index is 5.78. The molecule has 1 aromatic heterocycles. The van der Waals surface area contributed by atoms with Gasteiger partial charge in [0.2, 0.25) is 0 Å². The number of hydrogen-bond acceptors (Lipinski definition) is 3. The average Bonchev–Trinajstić information content (AvgIpc) is 2.83. The van der Waals surface area contributed by atoms with Gasteiger partial charge in [0, 0.05) is 4.90 Å². The van der Waals surface area contributed by atoms with E-state index in [9.17, 15) is 0 Å². The van der Waals surface area contributed by atoms with Crippen LogP contribution in [0.5, 0.6) is 0 Å². The highest BCUT2D eigenvalue weighted by molar-refractivity contribution is 7.99. The van der Waals surface area contributed by atoms with Crippen LogP contribution in [0.15, 0.2) is 57.8 Å². The second kappa shape index (κ2) is 5.49. The van der Waals surface area contributed by atoms with E-state index in [1.807, 2.05) is 36.0 Å². The van der Waals surface area contributed by atoms with Gasteiger partial charge in [-0.15, -0.1) is 11.8 Å². The number of para-hydroxylation sites is 2. The van der Waals surface area contributed by atoms with Gasteiger partial charge in [0.15, 0.2) is 11.5 Å². The van der Waals surface area contributed by atoms with Crippen LogP contribution in [0.1, 0.15) is 18.4 Å². The standard InChI is InChI=1S/C16H15NOS/c1-2-19-15-10-6-3-7-12(15)11-16-17-13-8-4-5-9-14(13)18-16/h3-10H,2,11H2,1H3. The molecule has 3 heteroatoms. The number of thioether (sulfide) groups is 1. The number of nitrogens with zero attached hydrogens (tertiary/aromatic N) is 1. The zero-order chi connectivity index (χ0) is 13.1. The van der Waals surface area contributed by atoms with Crippen LogP contribution in [0.2, 0.25) is 0 Å². The van der Waals surface area contributed by atoms with Crippen LogP contribution in [0.25, 0.3) is 11.1 Å². The van der Waals surface area contributed by atoms with Crippen LogP contribution in [-0.2, 0) is 6.42 Å². The number of benzene rings is 2. The lowest BCUT2D eigenvalue weighted by Crippen LogP contribution is -1.91. The van der Waals surface area contributed by atoms with Crippen molar-refractivity contribution in [2.45, 2.75) is 18.2 Å². The molecule has 2 nitrogen and oxygen atoms in total. The third kappa shape index (κ3) is 2.66. The molecular formula is C16H15NOS. The Morgan fingerprint density at radius 2 is 1.84 bits per heavy atom. The van der Waals surface area contributed by atoms with Crippen LogP contribution in [0, 0.1) is 0 Å². The molecule has 0 aliphatic rings. The molecule has 3 aromatic rings. The topological polar surface area (TPSA) is 26.0 Å². The molecule has 0 N–H and O–H groups in total. The van der Waals surface area contributed by atoms with Crippen molar-refractivity contribution in [1.29, 1.82) is 0 Å². The number of fused-ring (bicyclic) bond motifs is 1. The molecule has 0 aliphatic carbocycles. The van der Waals surface area contributed by atoms with Gasteiger partial charge in [0.25, 0.3) is 0 Å². The van der Waals surface area contributed by atoms with Gasteiger partial charge < -0.3 is 4.42 Å². The summed E-state index contributed by atoms with van der Waals surface area (Å²) in [5, 5.41) is 0. The second-order valence-electron chi connectivity index (χ2n) is 4.29. The van der Waals surface area contributed by atoms with Crippen LogP contribution < -0.4 is 0 Å². The molecular weight excluding hydrogens is 254 g/mol. The van der Waals surface area contributed by atoms with E-state index in [1.54, 1.807) is 0 Å².